The first-order valence-corrected chi connectivity index (χ1v) is 7.27. The summed E-state index contributed by atoms with van der Waals surface area (Å²) < 4.78 is 0. The monoisotopic (exact) mass is 263 g/mol. The van der Waals surface area contributed by atoms with Crippen molar-refractivity contribution in [2.24, 2.45) is 5.92 Å². The van der Waals surface area contributed by atoms with E-state index in [1.807, 2.05) is 0 Å². The minimum absolute atomic E-state index is 0.167. The van der Waals surface area contributed by atoms with Gasteiger partial charge in [-0.25, -0.2) is 9.97 Å². The lowest BCUT2D eigenvalue weighted by Gasteiger charge is -2.21. The fourth-order valence-corrected chi connectivity index (χ4v) is 2.19. The fourth-order valence-electron chi connectivity index (χ4n) is 2.19. The van der Waals surface area contributed by atoms with Crippen LogP contribution in [0, 0.1) is 19.8 Å². The summed E-state index contributed by atoms with van der Waals surface area (Å²) in [7, 11) is 0. The lowest BCUT2D eigenvalue weighted by atomic mass is 10.1. The van der Waals surface area contributed by atoms with Crippen molar-refractivity contribution in [2.45, 2.75) is 66.8 Å². The number of aryl methyl sites for hydroxylation is 2. The van der Waals surface area contributed by atoms with Crippen LogP contribution < -0.4 is 5.32 Å². The van der Waals surface area contributed by atoms with Crippen molar-refractivity contribution in [3.8, 4) is 0 Å². The van der Waals surface area contributed by atoms with Gasteiger partial charge in [0.1, 0.15) is 5.82 Å². The van der Waals surface area contributed by atoms with Crippen LogP contribution in [0.2, 0.25) is 0 Å². The largest absolute Gasteiger partial charge is 0.312 e. The Labute approximate surface area is 118 Å². The molecule has 0 fully saturated rings. The third-order valence-corrected chi connectivity index (χ3v) is 3.09. The molecule has 1 rings (SSSR count). The molecule has 0 aliphatic rings. The molecule has 0 unspecified atom stereocenters. The van der Waals surface area contributed by atoms with Crippen molar-refractivity contribution in [1.82, 2.24) is 15.3 Å². The predicted octanol–water partition coefficient (Wildman–Crippen LogP) is 3.22. The molecule has 0 saturated heterocycles. The summed E-state index contributed by atoms with van der Waals surface area (Å²) in [5.74, 6) is 1.59. The molecule has 3 heteroatoms. The summed E-state index contributed by atoms with van der Waals surface area (Å²) in [5, 5.41) is 3.52. The topological polar surface area (TPSA) is 37.8 Å². The van der Waals surface area contributed by atoms with Crippen molar-refractivity contribution < 1.29 is 0 Å². The molecule has 3 nitrogen and oxygen atoms in total. The SMILES string of the molecule is Cc1nc(CC(C)C)nc(C)c1CCNC(C)(C)C. The third kappa shape index (κ3) is 5.68. The maximum atomic E-state index is 4.65. The number of aromatic nitrogens is 2. The van der Waals surface area contributed by atoms with Crippen molar-refractivity contribution >= 4 is 0 Å². The van der Waals surface area contributed by atoms with E-state index in [0.717, 1.165) is 36.6 Å². The second-order valence-electron chi connectivity index (χ2n) is 6.81. The highest BCUT2D eigenvalue weighted by atomic mass is 14.9. The number of rotatable bonds is 5. The zero-order valence-corrected chi connectivity index (χ0v) is 13.6. The van der Waals surface area contributed by atoms with Crippen LogP contribution in [0.15, 0.2) is 0 Å². The van der Waals surface area contributed by atoms with E-state index in [1.54, 1.807) is 0 Å². The number of hydrogen-bond donors (Lipinski definition) is 1. The van der Waals surface area contributed by atoms with Gasteiger partial charge in [0.05, 0.1) is 0 Å². The van der Waals surface area contributed by atoms with Gasteiger partial charge in [-0.15, -0.1) is 0 Å². The van der Waals surface area contributed by atoms with Crippen molar-refractivity contribution in [2.75, 3.05) is 6.54 Å². The minimum Gasteiger partial charge on any atom is -0.312 e. The average molecular weight is 263 g/mol. The van der Waals surface area contributed by atoms with Crippen LogP contribution in [0.5, 0.6) is 0 Å². The molecule has 0 amide bonds. The van der Waals surface area contributed by atoms with Gasteiger partial charge < -0.3 is 5.32 Å². The Bertz CT molecular complexity index is 393. The molecule has 19 heavy (non-hydrogen) atoms. The van der Waals surface area contributed by atoms with E-state index in [9.17, 15) is 0 Å². The summed E-state index contributed by atoms with van der Waals surface area (Å²) in [6, 6.07) is 0. The first kappa shape index (κ1) is 16.1. The molecule has 0 spiro atoms. The zero-order valence-electron chi connectivity index (χ0n) is 13.6. The van der Waals surface area contributed by atoms with Gasteiger partial charge in [-0.2, -0.15) is 0 Å². The van der Waals surface area contributed by atoms with Gasteiger partial charge in [0.15, 0.2) is 0 Å². The van der Waals surface area contributed by atoms with Gasteiger partial charge in [-0.3, -0.25) is 0 Å². The Morgan fingerprint density at radius 2 is 1.58 bits per heavy atom. The average Bonchev–Trinajstić information content (AvgIpc) is 2.19. The van der Waals surface area contributed by atoms with E-state index in [4.69, 9.17) is 0 Å². The van der Waals surface area contributed by atoms with Gasteiger partial charge in [0.25, 0.3) is 0 Å². The van der Waals surface area contributed by atoms with Crippen LogP contribution in [0.3, 0.4) is 0 Å². The van der Waals surface area contributed by atoms with Crippen LogP contribution in [0.4, 0.5) is 0 Å². The molecule has 0 bridgehead atoms. The fraction of sp³-hybridized carbons (Fsp3) is 0.750. The summed E-state index contributed by atoms with van der Waals surface area (Å²) in [6.07, 6.45) is 1.96. The molecule has 0 aliphatic heterocycles. The van der Waals surface area contributed by atoms with Crippen molar-refractivity contribution in [1.29, 1.82) is 0 Å². The van der Waals surface area contributed by atoms with Crippen LogP contribution >= 0.6 is 0 Å². The van der Waals surface area contributed by atoms with Crippen LogP contribution in [-0.2, 0) is 12.8 Å². The molecule has 0 saturated carbocycles. The van der Waals surface area contributed by atoms with Gasteiger partial charge in [0.2, 0.25) is 0 Å². The lowest BCUT2D eigenvalue weighted by molar-refractivity contribution is 0.428. The number of nitrogens with zero attached hydrogens (tertiary/aromatic N) is 2. The number of hydrogen-bond acceptors (Lipinski definition) is 3. The first-order chi connectivity index (χ1) is 8.69. The van der Waals surface area contributed by atoms with Crippen LogP contribution in [0.1, 0.15) is 57.4 Å². The van der Waals surface area contributed by atoms with Gasteiger partial charge >= 0.3 is 0 Å². The van der Waals surface area contributed by atoms with Crippen LogP contribution in [0.25, 0.3) is 0 Å². The third-order valence-electron chi connectivity index (χ3n) is 3.09. The Morgan fingerprint density at radius 1 is 1.05 bits per heavy atom. The standard InChI is InChI=1S/C16H29N3/c1-11(2)10-15-18-12(3)14(13(4)19-15)8-9-17-16(5,6)7/h11,17H,8-10H2,1-7H3. The summed E-state index contributed by atoms with van der Waals surface area (Å²) >= 11 is 0. The molecule has 108 valence electrons. The van der Waals surface area contributed by atoms with E-state index in [1.165, 1.54) is 5.56 Å². The second kappa shape index (κ2) is 6.47. The number of nitrogens with one attached hydrogen (secondary N) is 1. The quantitative estimate of drug-likeness (QED) is 0.886. The lowest BCUT2D eigenvalue weighted by Crippen LogP contribution is -2.37. The zero-order chi connectivity index (χ0) is 14.6. The molecule has 0 radical (unpaired) electrons. The normalized spacial score (nSPS) is 12.2. The van der Waals surface area contributed by atoms with E-state index in [2.05, 4.69) is 63.8 Å². The Balaban J connectivity index is 2.74. The summed E-state index contributed by atoms with van der Waals surface area (Å²) in [4.78, 5) is 9.30. The molecule has 1 heterocycles. The highest BCUT2D eigenvalue weighted by Gasteiger charge is 2.12. The van der Waals surface area contributed by atoms with Gasteiger partial charge in [-0.1, -0.05) is 13.8 Å². The maximum absolute atomic E-state index is 4.65. The van der Waals surface area contributed by atoms with Gasteiger partial charge in [-0.05, 0) is 59.1 Å². The van der Waals surface area contributed by atoms with Crippen molar-refractivity contribution in [3.05, 3.63) is 22.8 Å². The molecular formula is C16H29N3. The van der Waals surface area contributed by atoms with Crippen LogP contribution in [-0.4, -0.2) is 22.1 Å². The Hall–Kier alpha value is -0.960. The van der Waals surface area contributed by atoms with E-state index < -0.39 is 0 Å². The summed E-state index contributed by atoms with van der Waals surface area (Å²) in [6.45, 7) is 16.1. The van der Waals surface area contributed by atoms with E-state index >= 15 is 0 Å². The molecular weight excluding hydrogens is 234 g/mol. The Kier molecular flexibility index (Phi) is 5.48. The molecule has 1 N–H and O–H groups in total. The second-order valence-corrected chi connectivity index (χ2v) is 6.81. The van der Waals surface area contributed by atoms with E-state index in [-0.39, 0.29) is 5.54 Å². The molecule has 0 atom stereocenters. The highest BCUT2D eigenvalue weighted by molar-refractivity contribution is 5.24. The first-order valence-electron chi connectivity index (χ1n) is 7.27. The van der Waals surface area contributed by atoms with E-state index in [0.29, 0.717) is 5.92 Å². The molecule has 1 aromatic heterocycles. The maximum Gasteiger partial charge on any atom is 0.129 e. The minimum atomic E-state index is 0.167. The highest BCUT2D eigenvalue weighted by Crippen LogP contribution is 2.13. The van der Waals surface area contributed by atoms with Gasteiger partial charge in [0, 0.05) is 23.3 Å². The smallest absolute Gasteiger partial charge is 0.129 e. The predicted molar refractivity (Wildman–Crippen MR) is 81.5 cm³/mol. The summed E-state index contributed by atoms with van der Waals surface area (Å²) in [5.41, 5.74) is 3.74. The Morgan fingerprint density at radius 3 is 2.00 bits per heavy atom. The molecule has 0 aromatic carbocycles. The molecule has 1 aromatic rings. The van der Waals surface area contributed by atoms with Crippen molar-refractivity contribution in [3.63, 3.8) is 0 Å². The molecule has 0 aliphatic carbocycles.